The van der Waals surface area contributed by atoms with E-state index in [1.54, 1.807) is 18.3 Å². The Morgan fingerprint density at radius 3 is 2.69 bits per heavy atom. The molecule has 0 aromatic carbocycles. The molecule has 4 heteroatoms. The monoisotopic (exact) mass is 233 g/mol. The van der Waals surface area contributed by atoms with Gasteiger partial charge in [-0.15, -0.1) is 5.54 Å². The normalized spacial score (nSPS) is 10.2. The van der Waals surface area contributed by atoms with Gasteiger partial charge in [-0.05, 0) is 12.1 Å². The highest BCUT2D eigenvalue weighted by Crippen LogP contribution is 2.03. The van der Waals surface area contributed by atoms with Crippen molar-refractivity contribution in [2.45, 2.75) is 19.6 Å². The molecule has 0 aliphatic carbocycles. The molecule has 1 aromatic rings. The second-order valence-electron chi connectivity index (χ2n) is 4.42. The molecule has 0 fully saturated rings. The van der Waals surface area contributed by atoms with Crippen LogP contribution in [-0.4, -0.2) is 26.1 Å². The molecule has 0 amide bonds. The fraction of sp³-hybridized carbons (Fsp3) is 0.333. The summed E-state index contributed by atoms with van der Waals surface area (Å²) in [6, 6.07) is 3.44. The van der Waals surface area contributed by atoms with Crippen molar-refractivity contribution in [1.29, 1.82) is 0 Å². The maximum atomic E-state index is 11.2. The number of pyridine rings is 1. The van der Waals surface area contributed by atoms with E-state index in [-0.39, 0.29) is 0 Å². The SMILES string of the molecule is COC(=O)c1cc(C#C[Si](C)(C)C)ccn1. The van der Waals surface area contributed by atoms with Crippen LogP contribution in [0.15, 0.2) is 18.3 Å². The van der Waals surface area contributed by atoms with Gasteiger partial charge in [-0.3, -0.25) is 0 Å². The Morgan fingerprint density at radius 2 is 2.12 bits per heavy atom. The van der Waals surface area contributed by atoms with Gasteiger partial charge in [0.05, 0.1) is 7.11 Å². The first-order valence-corrected chi connectivity index (χ1v) is 8.50. The van der Waals surface area contributed by atoms with Crippen LogP contribution in [-0.2, 0) is 4.74 Å². The molecular formula is C12H15NO2Si. The third-order valence-electron chi connectivity index (χ3n) is 1.74. The van der Waals surface area contributed by atoms with Gasteiger partial charge in [0.15, 0.2) is 0 Å². The van der Waals surface area contributed by atoms with Gasteiger partial charge in [-0.25, -0.2) is 9.78 Å². The molecule has 0 spiro atoms. The fourth-order valence-electron chi connectivity index (χ4n) is 0.984. The zero-order valence-electron chi connectivity index (χ0n) is 10.00. The number of carbonyl (C=O) groups excluding carboxylic acids is 1. The highest BCUT2D eigenvalue weighted by molar-refractivity contribution is 6.83. The summed E-state index contributed by atoms with van der Waals surface area (Å²) in [6.07, 6.45) is 1.57. The Balaban J connectivity index is 2.99. The molecule has 0 saturated heterocycles. The summed E-state index contributed by atoms with van der Waals surface area (Å²) in [5.41, 5.74) is 4.33. The van der Waals surface area contributed by atoms with E-state index >= 15 is 0 Å². The summed E-state index contributed by atoms with van der Waals surface area (Å²) in [7, 11) is -0.0528. The predicted molar refractivity (Wildman–Crippen MR) is 65.8 cm³/mol. The van der Waals surface area contributed by atoms with Crippen LogP contribution in [0.1, 0.15) is 16.1 Å². The van der Waals surface area contributed by atoms with Crippen LogP contribution < -0.4 is 0 Å². The number of hydrogen-bond donors (Lipinski definition) is 0. The van der Waals surface area contributed by atoms with E-state index in [0.717, 1.165) is 5.56 Å². The van der Waals surface area contributed by atoms with Gasteiger partial charge in [-0.2, -0.15) is 0 Å². The lowest BCUT2D eigenvalue weighted by atomic mass is 10.2. The second kappa shape index (κ2) is 4.95. The predicted octanol–water partition coefficient (Wildman–Crippen LogP) is 2.10. The lowest BCUT2D eigenvalue weighted by Crippen LogP contribution is -2.16. The van der Waals surface area contributed by atoms with Crippen molar-refractivity contribution in [3.63, 3.8) is 0 Å². The molecule has 0 radical (unpaired) electrons. The molecule has 0 unspecified atom stereocenters. The molecule has 1 heterocycles. The Morgan fingerprint density at radius 1 is 1.44 bits per heavy atom. The number of hydrogen-bond acceptors (Lipinski definition) is 3. The summed E-state index contributed by atoms with van der Waals surface area (Å²) < 4.78 is 4.60. The van der Waals surface area contributed by atoms with Crippen molar-refractivity contribution in [1.82, 2.24) is 4.98 Å². The molecule has 16 heavy (non-hydrogen) atoms. The number of rotatable bonds is 1. The maximum Gasteiger partial charge on any atom is 0.356 e. The van der Waals surface area contributed by atoms with E-state index < -0.39 is 14.0 Å². The van der Waals surface area contributed by atoms with Gasteiger partial charge in [0, 0.05) is 11.8 Å². The van der Waals surface area contributed by atoms with Crippen LogP contribution in [0, 0.1) is 11.5 Å². The van der Waals surface area contributed by atoms with E-state index in [1.165, 1.54) is 7.11 Å². The summed E-state index contributed by atoms with van der Waals surface area (Å²) in [4.78, 5) is 15.2. The standard InChI is InChI=1S/C12H15NO2Si/c1-15-12(14)11-9-10(5-7-13-11)6-8-16(2,3)4/h5,7,9H,1-4H3. The molecule has 0 saturated carbocycles. The molecule has 0 aliphatic heterocycles. The van der Waals surface area contributed by atoms with Crippen molar-refractivity contribution in [2.24, 2.45) is 0 Å². The summed E-state index contributed by atoms with van der Waals surface area (Å²) in [5.74, 6) is 2.63. The van der Waals surface area contributed by atoms with Gasteiger partial charge in [-0.1, -0.05) is 25.6 Å². The topological polar surface area (TPSA) is 39.2 Å². The van der Waals surface area contributed by atoms with Crippen molar-refractivity contribution >= 4 is 14.0 Å². The number of ether oxygens (including phenoxy) is 1. The first-order chi connectivity index (χ1) is 7.42. The fourth-order valence-corrected chi connectivity index (χ4v) is 1.50. The Hall–Kier alpha value is -1.60. The van der Waals surface area contributed by atoms with Crippen LogP contribution >= 0.6 is 0 Å². The van der Waals surface area contributed by atoms with Crippen molar-refractivity contribution < 1.29 is 9.53 Å². The van der Waals surface area contributed by atoms with Gasteiger partial charge in [0.1, 0.15) is 13.8 Å². The lowest BCUT2D eigenvalue weighted by molar-refractivity contribution is 0.0594. The second-order valence-corrected chi connectivity index (χ2v) is 9.17. The molecule has 1 aromatic heterocycles. The van der Waals surface area contributed by atoms with Crippen LogP contribution in [0.25, 0.3) is 0 Å². The lowest BCUT2D eigenvalue weighted by Gasteiger charge is -2.03. The van der Waals surface area contributed by atoms with Crippen molar-refractivity contribution in [2.75, 3.05) is 7.11 Å². The average molecular weight is 233 g/mol. The molecule has 3 nitrogen and oxygen atoms in total. The smallest absolute Gasteiger partial charge is 0.356 e. The van der Waals surface area contributed by atoms with Crippen LogP contribution in [0.4, 0.5) is 0 Å². The molecule has 84 valence electrons. The molecule has 0 aliphatic rings. The maximum absolute atomic E-state index is 11.2. The quantitative estimate of drug-likeness (QED) is 0.423. The van der Waals surface area contributed by atoms with E-state index in [9.17, 15) is 4.79 Å². The summed E-state index contributed by atoms with van der Waals surface area (Å²) in [5, 5.41) is 0. The zero-order valence-corrected chi connectivity index (χ0v) is 11.0. The molecule has 0 bridgehead atoms. The van der Waals surface area contributed by atoms with Crippen LogP contribution in [0.5, 0.6) is 0 Å². The van der Waals surface area contributed by atoms with Gasteiger partial charge >= 0.3 is 5.97 Å². The van der Waals surface area contributed by atoms with Crippen molar-refractivity contribution in [3.05, 3.63) is 29.6 Å². The number of nitrogens with zero attached hydrogens (tertiary/aromatic N) is 1. The Labute approximate surface area is 96.9 Å². The van der Waals surface area contributed by atoms with E-state index in [0.29, 0.717) is 5.69 Å². The zero-order chi connectivity index (χ0) is 12.2. The third-order valence-corrected chi connectivity index (χ3v) is 2.61. The first-order valence-electron chi connectivity index (χ1n) is 5.00. The molecular weight excluding hydrogens is 218 g/mol. The highest BCUT2D eigenvalue weighted by Gasteiger charge is 2.09. The first kappa shape index (κ1) is 12.5. The molecule has 1 rings (SSSR count). The molecule has 0 atom stereocenters. The van der Waals surface area contributed by atoms with Gasteiger partial charge in [0.2, 0.25) is 0 Å². The minimum absolute atomic E-state index is 0.296. The van der Waals surface area contributed by atoms with Crippen molar-refractivity contribution in [3.8, 4) is 11.5 Å². The number of aromatic nitrogens is 1. The van der Waals surface area contributed by atoms with Crippen LogP contribution in [0.3, 0.4) is 0 Å². The summed E-state index contributed by atoms with van der Waals surface area (Å²) >= 11 is 0. The van der Waals surface area contributed by atoms with Gasteiger partial charge < -0.3 is 4.74 Å². The summed E-state index contributed by atoms with van der Waals surface area (Å²) in [6.45, 7) is 6.51. The van der Waals surface area contributed by atoms with Gasteiger partial charge in [0.25, 0.3) is 0 Å². The number of methoxy groups -OCH3 is 1. The van der Waals surface area contributed by atoms with E-state index in [2.05, 4.69) is 40.8 Å². The average Bonchev–Trinajstić information content (AvgIpc) is 2.25. The largest absolute Gasteiger partial charge is 0.464 e. The highest BCUT2D eigenvalue weighted by atomic mass is 28.3. The number of carbonyl (C=O) groups is 1. The van der Waals surface area contributed by atoms with E-state index in [4.69, 9.17) is 0 Å². The minimum atomic E-state index is -1.39. The minimum Gasteiger partial charge on any atom is -0.464 e. The van der Waals surface area contributed by atoms with E-state index in [1.807, 2.05) is 0 Å². The molecule has 0 N–H and O–H groups in total. The number of esters is 1. The Bertz CT molecular complexity index is 452. The third kappa shape index (κ3) is 3.87. The Kier molecular flexibility index (Phi) is 3.86. The van der Waals surface area contributed by atoms with Crippen LogP contribution in [0.2, 0.25) is 19.6 Å².